The quantitative estimate of drug-likeness (QED) is 0.802. The SMILES string of the molecule is CC(C)C(NCC(C)(C)O)c1cccnc1. The van der Waals surface area contributed by atoms with Gasteiger partial charge in [-0.15, -0.1) is 0 Å². The maximum atomic E-state index is 9.72. The minimum atomic E-state index is -0.685. The average Bonchev–Trinajstić information content (AvgIpc) is 2.17. The van der Waals surface area contributed by atoms with Crippen molar-refractivity contribution in [3.63, 3.8) is 0 Å². The molecule has 16 heavy (non-hydrogen) atoms. The number of aromatic nitrogens is 1. The van der Waals surface area contributed by atoms with Crippen LogP contribution in [-0.2, 0) is 0 Å². The molecule has 2 N–H and O–H groups in total. The van der Waals surface area contributed by atoms with Crippen molar-refractivity contribution >= 4 is 0 Å². The summed E-state index contributed by atoms with van der Waals surface area (Å²) < 4.78 is 0. The molecule has 0 spiro atoms. The van der Waals surface area contributed by atoms with E-state index in [9.17, 15) is 5.11 Å². The summed E-state index contributed by atoms with van der Waals surface area (Å²) in [6.45, 7) is 8.51. The first-order chi connectivity index (χ1) is 7.40. The van der Waals surface area contributed by atoms with E-state index in [1.165, 1.54) is 5.56 Å². The van der Waals surface area contributed by atoms with Crippen LogP contribution in [0.25, 0.3) is 0 Å². The minimum Gasteiger partial charge on any atom is -0.389 e. The van der Waals surface area contributed by atoms with Crippen LogP contribution in [0.15, 0.2) is 24.5 Å². The molecule has 90 valence electrons. The van der Waals surface area contributed by atoms with Crippen LogP contribution < -0.4 is 5.32 Å². The Balaban J connectivity index is 2.70. The van der Waals surface area contributed by atoms with E-state index in [1.54, 1.807) is 20.0 Å². The van der Waals surface area contributed by atoms with Gasteiger partial charge in [0.25, 0.3) is 0 Å². The summed E-state index contributed by atoms with van der Waals surface area (Å²) in [5, 5.41) is 13.1. The van der Waals surface area contributed by atoms with E-state index in [2.05, 4.69) is 30.2 Å². The second kappa shape index (κ2) is 5.41. The van der Waals surface area contributed by atoms with Crippen molar-refractivity contribution in [1.82, 2.24) is 10.3 Å². The second-order valence-corrected chi connectivity index (χ2v) is 5.20. The van der Waals surface area contributed by atoms with Gasteiger partial charge in [0, 0.05) is 25.0 Å². The molecule has 1 heterocycles. The molecule has 0 fully saturated rings. The Morgan fingerprint density at radius 3 is 2.56 bits per heavy atom. The molecule has 0 aliphatic heterocycles. The summed E-state index contributed by atoms with van der Waals surface area (Å²) in [5.74, 6) is 0.464. The highest BCUT2D eigenvalue weighted by Gasteiger charge is 2.19. The van der Waals surface area contributed by atoms with Crippen molar-refractivity contribution in [3.8, 4) is 0 Å². The number of rotatable bonds is 5. The Kier molecular flexibility index (Phi) is 4.44. The zero-order valence-electron chi connectivity index (χ0n) is 10.6. The van der Waals surface area contributed by atoms with Crippen LogP contribution in [0, 0.1) is 5.92 Å². The number of hydrogen-bond acceptors (Lipinski definition) is 3. The van der Waals surface area contributed by atoms with Gasteiger partial charge in [0.05, 0.1) is 5.60 Å². The third kappa shape index (κ3) is 4.29. The lowest BCUT2D eigenvalue weighted by atomic mass is 9.96. The lowest BCUT2D eigenvalue weighted by molar-refractivity contribution is 0.0742. The van der Waals surface area contributed by atoms with Gasteiger partial charge in [0.2, 0.25) is 0 Å². The molecular weight excluding hydrogens is 200 g/mol. The molecule has 0 aliphatic carbocycles. The molecule has 1 atom stereocenters. The standard InChI is InChI=1S/C13H22N2O/c1-10(2)12(15-9-13(3,4)16)11-6-5-7-14-8-11/h5-8,10,12,15-16H,9H2,1-4H3. The summed E-state index contributed by atoms with van der Waals surface area (Å²) in [7, 11) is 0. The fourth-order valence-corrected chi connectivity index (χ4v) is 1.66. The molecule has 0 saturated carbocycles. The van der Waals surface area contributed by atoms with Crippen LogP contribution in [0.2, 0.25) is 0 Å². The highest BCUT2D eigenvalue weighted by atomic mass is 16.3. The minimum absolute atomic E-state index is 0.236. The highest BCUT2D eigenvalue weighted by Crippen LogP contribution is 2.21. The third-order valence-electron chi connectivity index (χ3n) is 2.46. The van der Waals surface area contributed by atoms with Crippen LogP contribution in [0.1, 0.15) is 39.3 Å². The molecule has 1 unspecified atom stereocenters. The first kappa shape index (κ1) is 13.1. The molecule has 1 aromatic rings. The van der Waals surface area contributed by atoms with Gasteiger partial charge < -0.3 is 10.4 Å². The van der Waals surface area contributed by atoms with Gasteiger partial charge in [-0.3, -0.25) is 4.98 Å². The molecule has 3 heteroatoms. The number of nitrogens with one attached hydrogen (secondary N) is 1. The van der Waals surface area contributed by atoms with Gasteiger partial charge >= 0.3 is 0 Å². The molecule has 0 aromatic carbocycles. The summed E-state index contributed by atoms with van der Waals surface area (Å²) in [6, 6.07) is 4.24. The van der Waals surface area contributed by atoms with Gasteiger partial charge in [-0.1, -0.05) is 19.9 Å². The van der Waals surface area contributed by atoms with E-state index in [0.717, 1.165) is 0 Å². The summed E-state index contributed by atoms with van der Waals surface area (Å²) >= 11 is 0. The van der Waals surface area contributed by atoms with Crippen molar-refractivity contribution in [2.45, 2.75) is 39.3 Å². The summed E-state index contributed by atoms with van der Waals surface area (Å²) in [6.07, 6.45) is 3.65. The fraction of sp³-hybridized carbons (Fsp3) is 0.615. The normalized spacial score (nSPS) is 14.1. The molecule has 1 aromatic heterocycles. The molecule has 1 rings (SSSR count). The second-order valence-electron chi connectivity index (χ2n) is 5.20. The van der Waals surface area contributed by atoms with Gasteiger partial charge in [0.1, 0.15) is 0 Å². The van der Waals surface area contributed by atoms with Crippen molar-refractivity contribution in [2.24, 2.45) is 5.92 Å². The Labute approximate surface area is 97.9 Å². The summed E-state index contributed by atoms with van der Waals surface area (Å²) in [5.41, 5.74) is 0.483. The molecule has 0 aliphatic rings. The van der Waals surface area contributed by atoms with E-state index >= 15 is 0 Å². The van der Waals surface area contributed by atoms with Crippen LogP contribution >= 0.6 is 0 Å². The number of pyridine rings is 1. The van der Waals surface area contributed by atoms with Gasteiger partial charge in [-0.25, -0.2) is 0 Å². The van der Waals surface area contributed by atoms with Crippen molar-refractivity contribution in [1.29, 1.82) is 0 Å². The van der Waals surface area contributed by atoms with E-state index in [4.69, 9.17) is 0 Å². The smallest absolute Gasteiger partial charge is 0.0715 e. The monoisotopic (exact) mass is 222 g/mol. The maximum absolute atomic E-state index is 9.72. The fourth-order valence-electron chi connectivity index (χ4n) is 1.66. The lowest BCUT2D eigenvalue weighted by Gasteiger charge is -2.26. The van der Waals surface area contributed by atoms with Gasteiger partial charge in [-0.05, 0) is 31.4 Å². The molecule has 0 bridgehead atoms. The van der Waals surface area contributed by atoms with E-state index < -0.39 is 5.60 Å². The lowest BCUT2D eigenvalue weighted by Crippen LogP contribution is -2.38. The molecule has 0 saturated heterocycles. The van der Waals surface area contributed by atoms with Crippen LogP contribution in [0.5, 0.6) is 0 Å². The molecule has 0 amide bonds. The Bertz CT molecular complexity index is 303. The van der Waals surface area contributed by atoms with Crippen molar-refractivity contribution in [2.75, 3.05) is 6.54 Å². The van der Waals surface area contributed by atoms with Crippen molar-refractivity contribution < 1.29 is 5.11 Å². The predicted octanol–water partition coefficient (Wildman–Crippen LogP) is 2.14. The van der Waals surface area contributed by atoms with Crippen LogP contribution in [-0.4, -0.2) is 22.2 Å². The topological polar surface area (TPSA) is 45.1 Å². The Morgan fingerprint density at radius 1 is 1.44 bits per heavy atom. The van der Waals surface area contributed by atoms with Crippen molar-refractivity contribution in [3.05, 3.63) is 30.1 Å². The predicted molar refractivity (Wildman–Crippen MR) is 66.1 cm³/mol. The molecule has 3 nitrogen and oxygen atoms in total. The number of hydrogen-bond donors (Lipinski definition) is 2. The van der Waals surface area contributed by atoms with Crippen LogP contribution in [0.4, 0.5) is 0 Å². The zero-order valence-corrected chi connectivity index (χ0v) is 10.6. The Hall–Kier alpha value is -0.930. The van der Waals surface area contributed by atoms with E-state index in [1.807, 2.05) is 12.3 Å². The zero-order chi connectivity index (χ0) is 12.2. The number of aliphatic hydroxyl groups is 1. The largest absolute Gasteiger partial charge is 0.389 e. The van der Waals surface area contributed by atoms with Crippen LogP contribution in [0.3, 0.4) is 0 Å². The molecular formula is C13H22N2O. The Morgan fingerprint density at radius 2 is 2.12 bits per heavy atom. The average molecular weight is 222 g/mol. The number of nitrogens with zero attached hydrogens (tertiary/aromatic N) is 1. The van der Waals surface area contributed by atoms with E-state index in [-0.39, 0.29) is 6.04 Å². The first-order valence-corrected chi connectivity index (χ1v) is 5.76. The maximum Gasteiger partial charge on any atom is 0.0715 e. The van der Waals surface area contributed by atoms with Gasteiger partial charge in [-0.2, -0.15) is 0 Å². The highest BCUT2D eigenvalue weighted by molar-refractivity contribution is 5.14. The molecule has 0 radical (unpaired) electrons. The summed E-state index contributed by atoms with van der Waals surface area (Å²) in [4.78, 5) is 4.13. The van der Waals surface area contributed by atoms with Gasteiger partial charge in [0.15, 0.2) is 0 Å². The van der Waals surface area contributed by atoms with E-state index in [0.29, 0.717) is 12.5 Å². The first-order valence-electron chi connectivity index (χ1n) is 5.76. The third-order valence-corrected chi connectivity index (χ3v) is 2.46.